The van der Waals surface area contributed by atoms with Crippen molar-refractivity contribution < 1.29 is 34.8 Å². The van der Waals surface area contributed by atoms with Gasteiger partial charge in [0.25, 0.3) is 0 Å². The van der Waals surface area contributed by atoms with Gasteiger partial charge in [-0.25, -0.2) is 14.4 Å². The van der Waals surface area contributed by atoms with Crippen molar-refractivity contribution in [3.8, 4) is 0 Å². The first-order chi connectivity index (χ1) is 11.0. The smallest absolute Gasteiger partial charge is 0.330 e. The second kappa shape index (κ2) is 16.4. The van der Waals surface area contributed by atoms with Gasteiger partial charge in [0.1, 0.15) is 0 Å². The number of carboxylic acids is 3. The molecule has 0 fully saturated rings. The van der Waals surface area contributed by atoms with E-state index in [1.54, 1.807) is 0 Å². The van der Waals surface area contributed by atoms with Gasteiger partial charge in [-0.05, 0) is 32.6 Å². The summed E-state index contributed by atoms with van der Waals surface area (Å²) in [6, 6.07) is 0. The summed E-state index contributed by atoms with van der Waals surface area (Å²) in [6.07, 6.45) is 0.896. The summed E-state index contributed by atoms with van der Waals surface area (Å²) in [6.45, 7) is 20.5. The van der Waals surface area contributed by atoms with E-state index in [4.69, 9.17) is 20.4 Å². The van der Waals surface area contributed by atoms with Crippen molar-refractivity contribution in [2.45, 2.75) is 48.0 Å². The van der Waals surface area contributed by atoms with Crippen LogP contribution in [0.2, 0.25) is 0 Å². The number of hydrogen-bond acceptors (Lipinski definition) is 4. The monoisotopic (exact) mass is 360 g/mol. The molecule has 0 aromatic rings. The third kappa shape index (κ3) is 44.9. The van der Waals surface area contributed by atoms with Crippen molar-refractivity contribution >= 4 is 17.9 Å². The Morgan fingerprint density at radius 2 is 0.880 bits per heavy atom. The lowest BCUT2D eigenvalue weighted by Crippen LogP contribution is -2.06. The standard InChI is InChI=1S/C6H14O.3C4H6O2/c1-6(2,3)4-5-7;3*1-3(2)4(5)6/h7H,4-5H2,1-3H3;3*1H2,2H3,(H,5,6). The average Bonchev–Trinajstić information content (AvgIpc) is 2.38. The normalized spacial score (nSPS) is 8.76. The van der Waals surface area contributed by atoms with Crippen LogP contribution in [-0.2, 0) is 14.4 Å². The number of rotatable bonds is 4. The van der Waals surface area contributed by atoms with E-state index < -0.39 is 17.9 Å². The van der Waals surface area contributed by atoms with Crippen LogP contribution >= 0.6 is 0 Å². The predicted octanol–water partition coefficient (Wildman–Crippen LogP) is 3.36. The van der Waals surface area contributed by atoms with Crippen molar-refractivity contribution in [1.29, 1.82) is 0 Å². The molecule has 0 rings (SSSR count). The van der Waals surface area contributed by atoms with Crippen LogP contribution in [0.4, 0.5) is 0 Å². The summed E-state index contributed by atoms with van der Waals surface area (Å²) in [4.78, 5) is 28.8. The number of hydrogen-bond donors (Lipinski definition) is 4. The van der Waals surface area contributed by atoms with Crippen molar-refractivity contribution in [3.05, 3.63) is 36.5 Å². The molecule has 0 aliphatic carbocycles. The molecule has 0 aromatic heterocycles. The first kappa shape index (κ1) is 30.5. The largest absolute Gasteiger partial charge is 0.478 e. The Morgan fingerprint density at radius 3 is 0.880 bits per heavy atom. The van der Waals surface area contributed by atoms with Gasteiger partial charge >= 0.3 is 17.9 Å². The number of aliphatic hydroxyl groups is 1. The maximum atomic E-state index is 9.60. The molecular weight excluding hydrogens is 328 g/mol. The van der Waals surface area contributed by atoms with Crippen molar-refractivity contribution in [2.24, 2.45) is 5.41 Å². The maximum absolute atomic E-state index is 9.60. The Bertz CT molecular complexity index is 375. The molecule has 0 unspecified atom stereocenters. The van der Waals surface area contributed by atoms with Crippen LogP contribution in [0.15, 0.2) is 36.5 Å². The third-order valence-corrected chi connectivity index (χ3v) is 1.96. The molecule has 0 atom stereocenters. The molecule has 0 saturated carbocycles. The molecule has 146 valence electrons. The van der Waals surface area contributed by atoms with Crippen LogP contribution in [0.5, 0.6) is 0 Å². The van der Waals surface area contributed by atoms with Gasteiger partial charge in [-0.3, -0.25) is 0 Å². The van der Waals surface area contributed by atoms with Gasteiger partial charge in [-0.1, -0.05) is 40.5 Å². The van der Waals surface area contributed by atoms with E-state index in [9.17, 15) is 14.4 Å². The van der Waals surface area contributed by atoms with Gasteiger partial charge < -0.3 is 20.4 Å². The van der Waals surface area contributed by atoms with Crippen LogP contribution < -0.4 is 0 Å². The SMILES string of the molecule is C=C(C)C(=O)O.C=C(C)C(=O)O.C=C(C)C(=O)O.CC(C)(C)CCO. The molecule has 0 radical (unpaired) electrons. The molecular formula is C18H32O7. The quantitative estimate of drug-likeness (QED) is 0.565. The highest BCUT2D eigenvalue weighted by atomic mass is 16.4. The summed E-state index contributed by atoms with van der Waals surface area (Å²) in [5.41, 5.74) is 0.828. The van der Waals surface area contributed by atoms with Crippen LogP contribution in [0.3, 0.4) is 0 Å². The second-order valence-electron chi connectivity index (χ2n) is 6.29. The zero-order valence-electron chi connectivity index (χ0n) is 16.0. The van der Waals surface area contributed by atoms with Crippen molar-refractivity contribution in [1.82, 2.24) is 0 Å². The molecule has 25 heavy (non-hydrogen) atoms. The van der Waals surface area contributed by atoms with E-state index >= 15 is 0 Å². The van der Waals surface area contributed by atoms with E-state index in [0.717, 1.165) is 6.42 Å². The fraction of sp³-hybridized carbons (Fsp3) is 0.500. The van der Waals surface area contributed by atoms with Crippen LogP contribution in [0, 0.1) is 5.41 Å². The molecule has 0 bridgehead atoms. The van der Waals surface area contributed by atoms with Crippen LogP contribution in [-0.4, -0.2) is 44.9 Å². The van der Waals surface area contributed by atoms with Crippen LogP contribution in [0.25, 0.3) is 0 Å². The lowest BCUT2D eigenvalue weighted by Gasteiger charge is -2.14. The molecule has 0 aliphatic rings. The van der Waals surface area contributed by atoms with E-state index in [-0.39, 0.29) is 16.7 Å². The number of carboxylic acid groups (broad SMARTS) is 3. The van der Waals surface area contributed by atoms with Gasteiger partial charge in [0.15, 0.2) is 0 Å². The Morgan fingerprint density at radius 1 is 0.720 bits per heavy atom. The van der Waals surface area contributed by atoms with Gasteiger partial charge in [0, 0.05) is 23.3 Å². The molecule has 4 N–H and O–H groups in total. The summed E-state index contributed by atoms with van der Waals surface area (Å²) in [5, 5.41) is 32.1. The van der Waals surface area contributed by atoms with Gasteiger partial charge in [0.2, 0.25) is 0 Å². The molecule has 7 heteroatoms. The number of carbonyl (C=O) groups is 3. The molecule has 0 heterocycles. The fourth-order valence-electron chi connectivity index (χ4n) is 0.335. The highest BCUT2D eigenvalue weighted by Crippen LogP contribution is 2.16. The van der Waals surface area contributed by atoms with Gasteiger partial charge in [0.05, 0.1) is 0 Å². The number of aliphatic hydroxyl groups excluding tert-OH is 1. The summed E-state index contributed by atoms with van der Waals surface area (Å²) in [7, 11) is 0. The zero-order chi connectivity index (χ0) is 21.4. The molecule has 0 aliphatic heterocycles. The predicted molar refractivity (Wildman–Crippen MR) is 98.5 cm³/mol. The van der Waals surface area contributed by atoms with E-state index in [2.05, 4.69) is 40.5 Å². The van der Waals surface area contributed by atoms with Crippen molar-refractivity contribution in [2.75, 3.05) is 6.61 Å². The lowest BCUT2D eigenvalue weighted by atomic mass is 9.93. The summed E-state index contributed by atoms with van der Waals surface area (Å²) in [5.74, 6) is -2.81. The first-order valence-electron chi connectivity index (χ1n) is 7.26. The maximum Gasteiger partial charge on any atom is 0.330 e. The molecule has 0 saturated heterocycles. The van der Waals surface area contributed by atoms with Gasteiger partial charge in [-0.15, -0.1) is 0 Å². The molecule has 0 spiro atoms. The first-order valence-corrected chi connectivity index (χ1v) is 7.26. The van der Waals surface area contributed by atoms with Gasteiger partial charge in [-0.2, -0.15) is 0 Å². The highest BCUT2D eigenvalue weighted by Gasteiger charge is 2.06. The highest BCUT2D eigenvalue weighted by molar-refractivity contribution is 5.85. The third-order valence-electron chi connectivity index (χ3n) is 1.96. The molecule has 0 aromatic carbocycles. The summed E-state index contributed by atoms with van der Waals surface area (Å²) >= 11 is 0. The Hall–Kier alpha value is -2.41. The number of aliphatic carboxylic acids is 3. The van der Waals surface area contributed by atoms with E-state index in [1.807, 2.05) is 0 Å². The van der Waals surface area contributed by atoms with Crippen LogP contribution in [0.1, 0.15) is 48.0 Å². The Balaban J connectivity index is -0.000000118. The second-order valence-corrected chi connectivity index (χ2v) is 6.29. The molecule has 7 nitrogen and oxygen atoms in total. The zero-order valence-corrected chi connectivity index (χ0v) is 16.0. The lowest BCUT2D eigenvalue weighted by molar-refractivity contribution is -0.133. The van der Waals surface area contributed by atoms with E-state index in [0.29, 0.717) is 12.0 Å². The molecule has 0 amide bonds. The average molecular weight is 360 g/mol. The fourth-order valence-corrected chi connectivity index (χ4v) is 0.335. The minimum Gasteiger partial charge on any atom is -0.478 e. The summed E-state index contributed by atoms with van der Waals surface area (Å²) < 4.78 is 0. The minimum absolute atomic E-state index is 0.176. The Labute approximate surface area is 150 Å². The van der Waals surface area contributed by atoms with E-state index in [1.165, 1.54) is 20.8 Å². The minimum atomic E-state index is -0.935. The topological polar surface area (TPSA) is 132 Å². The Kier molecular flexibility index (Phi) is 20.0. The van der Waals surface area contributed by atoms with Crippen molar-refractivity contribution in [3.63, 3.8) is 0 Å².